The molecule has 0 aliphatic heterocycles. The maximum absolute atomic E-state index is 5.82. The van der Waals surface area contributed by atoms with Crippen LogP contribution in [0.2, 0.25) is 0 Å². The van der Waals surface area contributed by atoms with Crippen LogP contribution in [0.3, 0.4) is 0 Å². The van der Waals surface area contributed by atoms with Crippen LogP contribution in [0.4, 0.5) is 0 Å². The van der Waals surface area contributed by atoms with Crippen LogP contribution in [0.1, 0.15) is 13.3 Å². The highest BCUT2D eigenvalue weighted by molar-refractivity contribution is 6.31. The Balaban J connectivity index is 2.85. The van der Waals surface area contributed by atoms with E-state index < -0.39 is 0 Å². The molecule has 0 bridgehead atoms. The van der Waals surface area contributed by atoms with Crippen LogP contribution in [0.5, 0.6) is 0 Å². The molecule has 0 aromatic carbocycles. The van der Waals surface area contributed by atoms with Crippen molar-refractivity contribution in [2.45, 2.75) is 13.3 Å². The van der Waals surface area contributed by atoms with Crippen LogP contribution < -0.4 is 0 Å². The molecule has 0 fully saturated rings. The minimum atomic E-state index is 0.875. The number of halogens is 1. The molecule has 9 heavy (non-hydrogen) atoms. The fourth-order valence-corrected chi connectivity index (χ4v) is 0.855. The number of hydrogen-bond donors (Lipinski definition) is 0. The fourth-order valence-electron chi connectivity index (χ4n) is 0.703. The van der Waals surface area contributed by atoms with Crippen molar-refractivity contribution in [1.82, 2.24) is 0 Å². The smallest absolute Gasteiger partial charge is 0.0398 e. The van der Waals surface area contributed by atoms with Crippen molar-refractivity contribution in [3.63, 3.8) is 0 Å². The lowest BCUT2D eigenvalue weighted by atomic mass is 10.3. The summed E-state index contributed by atoms with van der Waals surface area (Å²) in [6.45, 7) is 2.01. The molecular weight excluding hydrogens is 132 g/mol. The lowest BCUT2D eigenvalue weighted by Crippen LogP contribution is -1.71. The van der Waals surface area contributed by atoms with E-state index in [0.29, 0.717) is 0 Å². The summed E-state index contributed by atoms with van der Waals surface area (Å²) in [5.41, 5.74) is 1.14. The monoisotopic (exact) mass is 140 g/mol. The summed E-state index contributed by atoms with van der Waals surface area (Å²) in [4.78, 5) is 0. The fraction of sp³-hybridized carbons (Fsp3) is 0.250. The second-order valence-corrected chi connectivity index (χ2v) is 2.47. The van der Waals surface area contributed by atoms with E-state index in [1.807, 2.05) is 25.2 Å². The molecule has 48 valence electrons. The van der Waals surface area contributed by atoms with E-state index in [2.05, 4.69) is 6.08 Å². The van der Waals surface area contributed by atoms with Gasteiger partial charge in [0, 0.05) is 5.03 Å². The molecular formula is C8H9Cl. The zero-order valence-electron chi connectivity index (χ0n) is 5.39. The third-order valence-electron chi connectivity index (χ3n) is 1.29. The lowest BCUT2D eigenvalue weighted by molar-refractivity contribution is 1.38. The van der Waals surface area contributed by atoms with Crippen LogP contribution >= 0.6 is 11.6 Å². The molecule has 0 saturated carbocycles. The van der Waals surface area contributed by atoms with Crippen LogP contribution in [0.25, 0.3) is 0 Å². The maximum Gasteiger partial charge on any atom is 0.0398 e. The Morgan fingerprint density at radius 1 is 1.56 bits per heavy atom. The molecule has 1 heteroatoms. The molecule has 0 aromatic rings. The minimum Gasteiger partial charge on any atom is -0.0844 e. The van der Waals surface area contributed by atoms with E-state index in [0.717, 1.165) is 17.0 Å². The molecule has 0 aromatic heterocycles. The van der Waals surface area contributed by atoms with E-state index in [-0.39, 0.29) is 0 Å². The normalized spacial score (nSPS) is 18.4. The van der Waals surface area contributed by atoms with Crippen LogP contribution in [0, 0.1) is 0 Å². The summed E-state index contributed by atoms with van der Waals surface area (Å²) in [5.74, 6) is 0. The Hall–Kier alpha value is -0.490. The maximum atomic E-state index is 5.82. The number of rotatable bonds is 0. The highest BCUT2D eigenvalue weighted by Crippen LogP contribution is 2.16. The Morgan fingerprint density at radius 2 is 2.33 bits per heavy atom. The second kappa shape index (κ2) is 2.88. The van der Waals surface area contributed by atoms with Gasteiger partial charge in [-0.25, -0.2) is 0 Å². The first kappa shape index (κ1) is 6.63. The SMILES string of the molecule is CC1=CC=CCC=C1Cl. The van der Waals surface area contributed by atoms with Gasteiger partial charge in [0.2, 0.25) is 0 Å². The van der Waals surface area contributed by atoms with Crippen molar-refractivity contribution < 1.29 is 0 Å². The van der Waals surface area contributed by atoms with Crippen molar-refractivity contribution in [3.8, 4) is 0 Å². The Kier molecular flexibility index (Phi) is 2.12. The molecule has 0 N–H and O–H groups in total. The summed E-state index contributed by atoms with van der Waals surface area (Å²) in [6, 6.07) is 0. The van der Waals surface area contributed by atoms with E-state index in [4.69, 9.17) is 11.6 Å². The number of hydrogen-bond acceptors (Lipinski definition) is 0. The van der Waals surface area contributed by atoms with Crippen molar-refractivity contribution >= 4 is 11.6 Å². The largest absolute Gasteiger partial charge is 0.0844 e. The molecule has 0 unspecified atom stereocenters. The van der Waals surface area contributed by atoms with Gasteiger partial charge < -0.3 is 0 Å². The lowest BCUT2D eigenvalue weighted by Gasteiger charge is -1.92. The van der Waals surface area contributed by atoms with Gasteiger partial charge in [-0.2, -0.15) is 0 Å². The van der Waals surface area contributed by atoms with Gasteiger partial charge >= 0.3 is 0 Å². The average molecular weight is 141 g/mol. The zero-order valence-corrected chi connectivity index (χ0v) is 6.15. The summed E-state index contributed by atoms with van der Waals surface area (Å²) >= 11 is 5.82. The first-order valence-corrected chi connectivity index (χ1v) is 3.38. The van der Waals surface area contributed by atoms with Crippen molar-refractivity contribution in [3.05, 3.63) is 34.9 Å². The topological polar surface area (TPSA) is 0 Å². The molecule has 1 aliphatic rings. The molecule has 0 spiro atoms. The highest BCUT2D eigenvalue weighted by Gasteiger charge is 1.94. The van der Waals surface area contributed by atoms with Crippen molar-refractivity contribution in [1.29, 1.82) is 0 Å². The van der Waals surface area contributed by atoms with Gasteiger partial charge in [0.25, 0.3) is 0 Å². The van der Waals surface area contributed by atoms with Gasteiger partial charge in [-0.1, -0.05) is 35.9 Å². The van der Waals surface area contributed by atoms with Gasteiger partial charge in [0.15, 0.2) is 0 Å². The third kappa shape index (κ3) is 1.72. The van der Waals surface area contributed by atoms with Gasteiger partial charge in [-0.15, -0.1) is 0 Å². The summed E-state index contributed by atoms with van der Waals surface area (Å²) in [6.07, 6.45) is 9.09. The predicted molar refractivity (Wildman–Crippen MR) is 41.5 cm³/mol. The van der Waals surface area contributed by atoms with Gasteiger partial charge in [0.05, 0.1) is 0 Å². The Morgan fingerprint density at radius 3 is 3.11 bits per heavy atom. The quantitative estimate of drug-likeness (QED) is 0.485. The zero-order chi connectivity index (χ0) is 6.69. The summed E-state index contributed by atoms with van der Waals surface area (Å²) in [5, 5.41) is 0.875. The average Bonchev–Trinajstić information content (AvgIpc) is 1.99. The van der Waals surface area contributed by atoms with Gasteiger partial charge in [-0.3, -0.25) is 0 Å². The molecule has 1 rings (SSSR count). The van der Waals surface area contributed by atoms with Crippen LogP contribution in [-0.4, -0.2) is 0 Å². The van der Waals surface area contributed by atoms with E-state index in [9.17, 15) is 0 Å². The minimum absolute atomic E-state index is 0.875. The second-order valence-electron chi connectivity index (χ2n) is 2.07. The summed E-state index contributed by atoms with van der Waals surface area (Å²) in [7, 11) is 0. The summed E-state index contributed by atoms with van der Waals surface area (Å²) < 4.78 is 0. The first-order valence-electron chi connectivity index (χ1n) is 3.00. The third-order valence-corrected chi connectivity index (χ3v) is 1.74. The van der Waals surface area contributed by atoms with E-state index in [1.54, 1.807) is 0 Å². The predicted octanol–water partition coefficient (Wildman–Crippen LogP) is 3.02. The van der Waals surface area contributed by atoms with Crippen LogP contribution in [0.15, 0.2) is 34.9 Å². The molecule has 0 radical (unpaired) electrons. The Bertz CT molecular complexity index is 185. The molecule has 0 nitrogen and oxygen atoms in total. The van der Waals surface area contributed by atoms with Crippen molar-refractivity contribution in [2.75, 3.05) is 0 Å². The molecule has 0 amide bonds. The Labute approximate surface area is 60.5 Å². The molecule has 0 atom stereocenters. The standard InChI is InChI=1S/C8H9Cl/c1-7-5-3-2-4-6-8(7)9/h2-3,5-6H,4H2,1H3. The molecule has 0 saturated heterocycles. The first-order chi connectivity index (χ1) is 4.30. The van der Waals surface area contributed by atoms with Gasteiger partial charge in [-0.05, 0) is 18.9 Å². The molecule has 1 aliphatic carbocycles. The van der Waals surface area contributed by atoms with E-state index in [1.165, 1.54) is 0 Å². The highest BCUT2D eigenvalue weighted by atomic mass is 35.5. The van der Waals surface area contributed by atoms with E-state index >= 15 is 0 Å². The van der Waals surface area contributed by atoms with Gasteiger partial charge in [0.1, 0.15) is 0 Å². The van der Waals surface area contributed by atoms with Crippen molar-refractivity contribution in [2.24, 2.45) is 0 Å². The van der Waals surface area contributed by atoms with Crippen LogP contribution in [-0.2, 0) is 0 Å². The molecule has 0 heterocycles. The number of allylic oxidation sites excluding steroid dienone is 6.